The summed E-state index contributed by atoms with van der Waals surface area (Å²) in [6, 6.07) is 12.9. The van der Waals surface area contributed by atoms with Crippen LogP contribution in [0.4, 0.5) is 0 Å². The predicted molar refractivity (Wildman–Crippen MR) is 83.8 cm³/mol. The number of carbonyl (C=O) groups excluding carboxylic acids is 1. The van der Waals surface area contributed by atoms with E-state index in [1.165, 1.54) is 7.11 Å². The summed E-state index contributed by atoms with van der Waals surface area (Å²) in [5.74, 6) is -0.117. The van der Waals surface area contributed by atoms with Crippen molar-refractivity contribution in [3.05, 3.63) is 64.8 Å². The average Bonchev–Trinajstić information content (AvgIpc) is 2.53. The van der Waals surface area contributed by atoms with Gasteiger partial charge in [0.2, 0.25) is 12.0 Å². The van der Waals surface area contributed by atoms with Crippen LogP contribution in [0.1, 0.15) is 5.56 Å². The Kier molecular flexibility index (Phi) is 5.51. The first-order chi connectivity index (χ1) is 10.2. The van der Waals surface area contributed by atoms with E-state index in [0.29, 0.717) is 5.88 Å². The van der Waals surface area contributed by atoms with Crippen LogP contribution >= 0.6 is 15.9 Å². The number of carbonyl (C=O) groups is 1. The topological polar surface area (TPSA) is 48.4 Å². The normalized spacial score (nSPS) is 12.1. The Labute approximate surface area is 131 Å². The van der Waals surface area contributed by atoms with E-state index in [1.807, 2.05) is 24.3 Å². The molecular weight excluding hydrogens is 334 g/mol. The van der Waals surface area contributed by atoms with Crippen LogP contribution in [-0.2, 0) is 9.53 Å². The molecule has 21 heavy (non-hydrogen) atoms. The first-order valence-corrected chi connectivity index (χ1v) is 7.08. The van der Waals surface area contributed by atoms with E-state index in [2.05, 4.69) is 20.9 Å². The summed E-state index contributed by atoms with van der Waals surface area (Å²) < 4.78 is 11.2. The highest BCUT2D eigenvalue weighted by Crippen LogP contribution is 2.18. The number of ether oxygens (including phenoxy) is 2. The second kappa shape index (κ2) is 7.59. The number of esters is 1. The fraction of sp³-hybridized carbons (Fsp3) is 0.125. The van der Waals surface area contributed by atoms with Gasteiger partial charge in [0.15, 0.2) is 0 Å². The van der Waals surface area contributed by atoms with Gasteiger partial charge in [0.1, 0.15) is 0 Å². The molecule has 0 amide bonds. The fourth-order valence-corrected chi connectivity index (χ4v) is 2.05. The van der Waals surface area contributed by atoms with E-state index >= 15 is 0 Å². The summed E-state index contributed by atoms with van der Waals surface area (Å²) in [6.07, 6.45) is 4.19. The summed E-state index contributed by atoms with van der Waals surface area (Å²) in [5, 5.41) is 0. The monoisotopic (exact) mass is 347 g/mol. The zero-order valence-corrected chi connectivity index (χ0v) is 13.0. The quantitative estimate of drug-likeness (QED) is 0.777. The fourth-order valence-electron chi connectivity index (χ4n) is 1.63. The molecule has 0 saturated carbocycles. The number of hydrogen-bond donors (Lipinski definition) is 0. The second-order valence-corrected chi connectivity index (χ2v) is 4.96. The number of benzene rings is 1. The lowest BCUT2D eigenvalue weighted by Gasteiger charge is -2.12. The largest absolute Gasteiger partial charge is 0.466 e. The van der Waals surface area contributed by atoms with E-state index in [-0.39, 0.29) is 0 Å². The maximum atomic E-state index is 11.8. The Balaban J connectivity index is 2.17. The van der Waals surface area contributed by atoms with Crippen molar-refractivity contribution < 1.29 is 14.3 Å². The molecule has 1 aromatic heterocycles. The first kappa shape index (κ1) is 15.3. The molecule has 0 bridgehead atoms. The van der Waals surface area contributed by atoms with Gasteiger partial charge in [-0.15, -0.1) is 0 Å². The van der Waals surface area contributed by atoms with Crippen molar-refractivity contribution in [2.24, 2.45) is 0 Å². The van der Waals surface area contributed by atoms with E-state index in [9.17, 15) is 4.79 Å². The Morgan fingerprint density at radius 1 is 1.24 bits per heavy atom. The number of nitrogens with zero attached hydrogens (tertiary/aromatic N) is 1. The molecule has 2 rings (SSSR count). The molecule has 2 aromatic rings. The standard InChI is InChI=1S/C16H14BrNO3/c1-20-16(19)14(21-15-8-4-5-11-18-15)10-9-12-6-2-3-7-13(12)17/h2-11,14H,1H3/b10-9+. The maximum Gasteiger partial charge on any atom is 0.351 e. The molecule has 108 valence electrons. The SMILES string of the molecule is COC(=O)C(/C=C/c1ccccc1Br)Oc1ccccn1. The third-order valence-electron chi connectivity index (χ3n) is 2.67. The van der Waals surface area contributed by atoms with Crippen molar-refractivity contribution in [1.82, 2.24) is 4.98 Å². The Morgan fingerprint density at radius 2 is 2.00 bits per heavy atom. The number of methoxy groups -OCH3 is 1. The summed E-state index contributed by atoms with van der Waals surface area (Å²) in [5.41, 5.74) is 0.941. The minimum Gasteiger partial charge on any atom is -0.466 e. The van der Waals surface area contributed by atoms with Crippen molar-refractivity contribution >= 4 is 28.0 Å². The van der Waals surface area contributed by atoms with Crippen molar-refractivity contribution in [2.75, 3.05) is 7.11 Å². The number of pyridine rings is 1. The van der Waals surface area contributed by atoms with Crippen molar-refractivity contribution in [1.29, 1.82) is 0 Å². The van der Waals surface area contributed by atoms with E-state index < -0.39 is 12.1 Å². The molecule has 0 aliphatic carbocycles. The molecule has 1 atom stereocenters. The molecular formula is C16H14BrNO3. The summed E-state index contributed by atoms with van der Waals surface area (Å²) in [4.78, 5) is 15.8. The summed E-state index contributed by atoms with van der Waals surface area (Å²) in [6.45, 7) is 0. The van der Waals surface area contributed by atoms with Crippen LogP contribution in [0.5, 0.6) is 5.88 Å². The Morgan fingerprint density at radius 3 is 2.67 bits per heavy atom. The highest BCUT2D eigenvalue weighted by atomic mass is 79.9. The molecule has 1 aromatic carbocycles. The molecule has 0 N–H and O–H groups in total. The minimum absolute atomic E-state index is 0.365. The molecule has 0 radical (unpaired) electrons. The van der Waals surface area contributed by atoms with Gasteiger partial charge >= 0.3 is 5.97 Å². The van der Waals surface area contributed by atoms with Gasteiger partial charge in [-0.05, 0) is 23.8 Å². The van der Waals surface area contributed by atoms with Crippen LogP contribution in [0.3, 0.4) is 0 Å². The Hall–Kier alpha value is -2.14. The lowest BCUT2D eigenvalue weighted by atomic mass is 10.2. The van der Waals surface area contributed by atoms with Gasteiger partial charge in [-0.25, -0.2) is 9.78 Å². The van der Waals surface area contributed by atoms with Gasteiger partial charge in [0.05, 0.1) is 7.11 Å². The van der Waals surface area contributed by atoms with E-state index in [0.717, 1.165) is 10.0 Å². The smallest absolute Gasteiger partial charge is 0.351 e. The zero-order valence-electron chi connectivity index (χ0n) is 11.4. The van der Waals surface area contributed by atoms with E-state index in [4.69, 9.17) is 9.47 Å². The third-order valence-corrected chi connectivity index (χ3v) is 3.40. The maximum absolute atomic E-state index is 11.8. The second-order valence-electron chi connectivity index (χ2n) is 4.11. The number of aromatic nitrogens is 1. The minimum atomic E-state index is -0.850. The van der Waals surface area contributed by atoms with Crippen LogP contribution in [0.2, 0.25) is 0 Å². The van der Waals surface area contributed by atoms with Gasteiger partial charge in [0, 0.05) is 16.7 Å². The van der Waals surface area contributed by atoms with Crippen LogP contribution in [0.15, 0.2) is 59.2 Å². The molecule has 1 unspecified atom stereocenters. The molecule has 4 nitrogen and oxygen atoms in total. The summed E-state index contributed by atoms with van der Waals surface area (Å²) in [7, 11) is 1.32. The van der Waals surface area contributed by atoms with Crippen molar-refractivity contribution in [3.63, 3.8) is 0 Å². The number of halogens is 1. The van der Waals surface area contributed by atoms with Gasteiger partial charge < -0.3 is 9.47 Å². The lowest BCUT2D eigenvalue weighted by molar-refractivity contribution is -0.146. The first-order valence-electron chi connectivity index (χ1n) is 6.29. The molecule has 1 heterocycles. The highest BCUT2D eigenvalue weighted by Gasteiger charge is 2.18. The highest BCUT2D eigenvalue weighted by molar-refractivity contribution is 9.10. The van der Waals surface area contributed by atoms with Crippen molar-refractivity contribution in [3.8, 4) is 5.88 Å². The average molecular weight is 348 g/mol. The van der Waals surface area contributed by atoms with Crippen LogP contribution in [-0.4, -0.2) is 24.2 Å². The lowest BCUT2D eigenvalue weighted by Crippen LogP contribution is -2.26. The van der Waals surface area contributed by atoms with E-state index in [1.54, 1.807) is 36.5 Å². The zero-order chi connectivity index (χ0) is 15.1. The molecule has 0 spiro atoms. The molecule has 0 aliphatic heterocycles. The number of rotatable bonds is 5. The molecule has 0 saturated heterocycles. The third kappa shape index (κ3) is 4.43. The predicted octanol–water partition coefficient (Wildman–Crippen LogP) is 3.48. The number of hydrogen-bond acceptors (Lipinski definition) is 4. The van der Waals surface area contributed by atoms with Crippen LogP contribution in [0.25, 0.3) is 6.08 Å². The Bertz CT molecular complexity index is 628. The van der Waals surface area contributed by atoms with Gasteiger partial charge in [-0.1, -0.05) is 46.3 Å². The van der Waals surface area contributed by atoms with Gasteiger partial charge in [-0.2, -0.15) is 0 Å². The molecule has 5 heteroatoms. The van der Waals surface area contributed by atoms with Crippen LogP contribution < -0.4 is 4.74 Å². The van der Waals surface area contributed by atoms with Gasteiger partial charge in [0.25, 0.3) is 0 Å². The van der Waals surface area contributed by atoms with Crippen LogP contribution in [0, 0.1) is 0 Å². The molecule has 0 fully saturated rings. The summed E-state index contributed by atoms with van der Waals surface area (Å²) >= 11 is 3.45. The molecule has 0 aliphatic rings. The van der Waals surface area contributed by atoms with Gasteiger partial charge in [-0.3, -0.25) is 0 Å². The van der Waals surface area contributed by atoms with Crippen molar-refractivity contribution in [2.45, 2.75) is 6.10 Å².